The molecule has 0 spiro atoms. The number of hydrogen-bond acceptors (Lipinski definition) is 1. The predicted octanol–water partition coefficient (Wildman–Crippen LogP) is 3.86. The average molecular weight is 239 g/mol. The Bertz CT molecular complexity index is 502. The highest BCUT2D eigenvalue weighted by Gasteiger charge is 2.12. The normalized spacial score (nSPS) is 12.4. The molecular weight excluding hydrogens is 218 g/mol. The lowest BCUT2D eigenvalue weighted by molar-refractivity contribution is 0.845. The van der Waals surface area contributed by atoms with E-state index in [9.17, 15) is 0 Å². The van der Waals surface area contributed by atoms with Gasteiger partial charge in [0.05, 0.1) is 6.04 Å². The van der Waals surface area contributed by atoms with Crippen molar-refractivity contribution in [3.63, 3.8) is 0 Å². The van der Waals surface area contributed by atoms with E-state index in [0.29, 0.717) is 0 Å². The fourth-order valence-corrected chi connectivity index (χ4v) is 2.32. The summed E-state index contributed by atoms with van der Waals surface area (Å²) in [5.74, 6) is 0. The van der Waals surface area contributed by atoms with Gasteiger partial charge in [-0.15, -0.1) is 0 Å². The minimum absolute atomic E-state index is 0.0207. The van der Waals surface area contributed by atoms with Gasteiger partial charge in [0.15, 0.2) is 0 Å². The first-order valence-electron chi connectivity index (χ1n) is 6.68. The lowest BCUT2D eigenvalue weighted by Gasteiger charge is -2.17. The van der Waals surface area contributed by atoms with Crippen LogP contribution >= 0.6 is 0 Å². The van der Waals surface area contributed by atoms with Gasteiger partial charge < -0.3 is 5.73 Å². The molecule has 0 radical (unpaired) electrons. The molecule has 1 unspecified atom stereocenters. The Morgan fingerprint density at radius 1 is 0.944 bits per heavy atom. The molecule has 0 aromatic heterocycles. The predicted molar refractivity (Wildman–Crippen MR) is 77.7 cm³/mol. The third-order valence-corrected chi connectivity index (χ3v) is 3.49. The molecule has 1 heteroatoms. The molecule has 0 bridgehead atoms. The minimum atomic E-state index is -0.0207. The van der Waals surface area contributed by atoms with Crippen LogP contribution in [0.3, 0.4) is 0 Å². The van der Waals surface area contributed by atoms with Crippen molar-refractivity contribution in [2.24, 2.45) is 5.73 Å². The molecule has 1 nitrogen and oxygen atoms in total. The largest absolute Gasteiger partial charge is 0.320 e. The van der Waals surface area contributed by atoms with Gasteiger partial charge in [-0.3, -0.25) is 0 Å². The van der Waals surface area contributed by atoms with Gasteiger partial charge >= 0.3 is 0 Å². The van der Waals surface area contributed by atoms with Crippen LogP contribution in [0.4, 0.5) is 0 Å². The fourth-order valence-electron chi connectivity index (χ4n) is 2.32. The second-order valence-corrected chi connectivity index (χ2v) is 4.63. The van der Waals surface area contributed by atoms with Gasteiger partial charge in [-0.25, -0.2) is 0 Å². The first-order valence-corrected chi connectivity index (χ1v) is 6.68. The number of rotatable bonds is 4. The maximum absolute atomic E-state index is 6.42. The van der Waals surface area contributed by atoms with Gasteiger partial charge in [-0.05, 0) is 35.1 Å². The monoisotopic (exact) mass is 239 g/mol. The van der Waals surface area contributed by atoms with Gasteiger partial charge in [0, 0.05) is 0 Å². The summed E-state index contributed by atoms with van der Waals surface area (Å²) in [5, 5.41) is 0. The van der Waals surface area contributed by atoms with Crippen LogP contribution in [0.15, 0.2) is 48.5 Å². The van der Waals surface area contributed by atoms with E-state index < -0.39 is 0 Å². The van der Waals surface area contributed by atoms with Crippen LogP contribution in [0, 0.1) is 0 Å². The van der Waals surface area contributed by atoms with E-state index in [-0.39, 0.29) is 6.04 Å². The average Bonchev–Trinajstić information content (AvgIpc) is 2.46. The Balaban J connectivity index is 2.42. The molecule has 0 heterocycles. The number of benzene rings is 2. The Kier molecular flexibility index (Phi) is 4.16. The summed E-state index contributed by atoms with van der Waals surface area (Å²) in [6.45, 7) is 4.36. The van der Waals surface area contributed by atoms with E-state index in [0.717, 1.165) is 12.8 Å². The first kappa shape index (κ1) is 12.8. The van der Waals surface area contributed by atoms with Crippen LogP contribution in [-0.4, -0.2) is 0 Å². The molecule has 0 aliphatic heterocycles. The van der Waals surface area contributed by atoms with Gasteiger partial charge in [0.2, 0.25) is 0 Å². The molecule has 2 N–H and O–H groups in total. The van der Waals surface area contributed by atoms with Crippen LogP contribution in [0.25, 0.3) is 0 Å². The first-order chi connectivity index (χ1) is 8.76. The van der Waals surface area contributed by atoms with E-state index in [1.54, 1.807) is 0 Å². The minimum Gasteiger partial charge on any atom is -0.320 e. The highest BCUT2D eigenvalue weighted by Crippen LogP contribution is 2.24. The van der Waals surface area contributed by atoms with Crippen molar-refractivity contribution in [3.8, 4) is 0 Å². The van der Waals surface area contributed by atoms with Gasteiger partial charge in [0.25, 0.3) is 0 Å². The van der Waals surface area contributed by atoms with E-state index in [1.807, 2.05) is 18.2 Å². The summed E-state index contributed by atoms with van der Waals surface area (Å²) in [7, 11) is 0. The zero-order chi connectivity index (χ0) is 13.0. The third kappa shape index (κ3) is 2.62. The maximum atomic E-state index is 6.42. The number of aryl methyl sites for hydroxylation is 2. The summed E-state index contributed by atoms with van der Waals surface area (Å²) in [6, 6.07) is 17.0. The zero-order valence-corrected chi connectivity index (χ0v) is 11.2. The third-order valence-electron chi connectivity index (χ3n) is 3.49. The Morgan fingerprint density at radius 3 is 2.28 bits per heavy atom. The molecule has 0 saturated heterocycles. The molecule has 94 valence electrons. The van der Waals surface area contributed by atoms with Crippen molar-refractivity contribution in [3.05, 3.63) is 70.8 Å². The van der Waals surface area contributed by atoms with E-state index in [1.165, 1.54) is 22.3 Å². The van der Waals surface area contributed by atoms with Crippen LogP contribution in [0.2, 0.25) is 0 Å². The summed E-state index contributed by atoms with van der Waals surface area (Å²) in [6.07, 6.45) is 2.08. The molecule has 1 atom stereocenters. The summed E-state index contributed by atoms with van der Waals surface area (Å²) in [5.41, 5.74) is 11.6. The summed E-state index contributed by atoms with van der Waals surface area (Å²) >= 11 is 0. The molecule has 0 amide bonds. The van der Waals surface area contributed by atoms with Crippen molar-refractivity contribution in [1.29, 1.82) is 0 Å². The molecular formula is C17H21N. The molecule has 18 heavy (non-hydrogen) atoms. The Hall–Kier alpha value is -1.60. The fraction of sp³-hybridized carbons (Fsp3) is 0.294. The highest BCUT2D eigenvalue weighted by atomic mass is 14.6. The highest BCUT2D eigenvalue weighted by molar-refractivity contribution is 5.39. The lowest BCUT2D eigenvalue weighted by Crippen LogP contribution is -2.14. The van der Waals surface area contributed by atoms with Crippen molar-refractivity contribution in [1.82, 2.24) is 0 Å². The molecule has 0 fully saturated rings. The standard InChI is InChI=1S/C17H21N/c1-3-13-10-11-14(4-2)16(12-13)17(18)15-8-6-5-7-9-15/h5-12,17H,3-4,18H2,1-2H3. The van der Waals surface area contributed by atoms with Crippen molar-refractivity contribution < 1.29 is 0 Å². The lowest BCUT2D eigenvalue weighted by atomic mass is 9.92. The Labute approximate surface area is 110 Å². The number of hydrogen-bond donors (Lipinski definition) is 1. The number of nitrogens with two attached hydrogens (primary N) is 1. The van der Waals surface area contributed by atoms with E-state index >= 15 is 0 Å². The molecule has 2 aromatic rings. The van der Waals surface area contributed by atoms with Crippen LogP contribution in [0.1, 0.15) is 42.1 Å². The molecule has 2 rings (SSSR count). The van der Waals surface area contributed by atoms with Crippen LogP contribution in [0.5, 0.6) is 0 Å². The second-order valence-electron chi connectivity index (χ2n) is 4.63. The van der Waals surface area contributed by atoms with Crippen molar-refractivity contribution in [2.45, 2.75) is 32.7 Å². The molecule has 0 saturated carbocycles. The molecule has 2 aromatic carbocycles. The van der Waals surface area contributed by atoms with Crippen molar-refractivity contribution >= 4 is 0 Å². The van der Waals surface area contributed by atoms with Crippen LogP contribution < -0.4 is 5.73 Å². The van der Waals surface area contributed by atoms with Gasteiger partial charge in [0.1, 0.15) is 0 Å². The van der Waals surface area contributed by atoms with E-state index in [2.05, 4.69) is 44.2 Å². The maximum Gasteiger partial charge on any atom is 0.0554 e. The molecule has 0 aliphatic rings. The summed E-state index contributed by atoms with van der Waals surface area (Å²) < 4.78 is 0. The Morgan fingerprint density at radius 2 is 1.67 bits per heavy atom. The van der Waals surface area contributed by atoms with Gasteiger partial charge in [-0.2, -0.15) is 0 Å². The SMILES string of the molecule is CCc1ccc(CC)c(C(N)c2ccccc2)c1. The topological polar surface area (TPSA) is 26.0 Å². The van der Waals surface area contributed by atoms with Gasteiger partial charge in [-0.1, -0.05) is 62.4 Å². The summed E-state index contributed by atoms with van der Waals surface area (Å²) in [4.78, 5) is 0. The quantitative estimate of drug-likeness (QED) is 0.861. The second kappa shape index (κ2) is 5.83. The smallest absolute Gasteiger partial charge is 0.0554 e. The zero-order valence-electron chi connectivity index (χ0n) is 11.2. The molecule has 0 aliphatic carbocycles. The van der Waals surface area contributed by atoms with Crippen molar-refractivity contribution in [2.75, 3.05) is 0 Å². The van der Waals surface area contributed by atoms with E-state index in [4.69, 9.17) is 5.73 Å². The van der Waals surface area contributed by atoms with Crippen LogP contribution in [-0.2, 0) is 12.8 Å².